The van der Waals surface area contributed by atoms with Gasteiger partial charge in [0.1, 0.15) is 5.75 Å². The summed E-state index contributed by atoms with van der Waals surface area (Å²) in [4.78, 5) is 8.58. The summed E-state index contributed by atoms with van der Waals surface area (Å²) in [6.07, 6.45) is 3.37. The fourth-order valence-corrected chi connectivity index (χ4v) is 1.54. The summed E-state index contributed by atoms with van der Waals surface area (Å²) in [7, 11) is 1.65. The highest BCUT2D eigenvalue weighted by atomic mass is 16.5. The predicted molar refractivity (Wildman–Crippen MR) is 80.5 cm³/mol. The van der Waals surface area contributed by atoms with Crippen LogP contribution in [-0.4, -0.2) is 19.5 Å². The van der Waals surface area contributed by atoms with Gasteiger partial charge in [-0.2, -0.15) is 0 Å². The van der Waals surface area contributed by atoms with Crippen LogP contribution in [0.25, 0.3) is 0 Å². The Hall–Kier alpha value is -2.42. The summed E-state index contributed by atoms with van der Waals surface area (Å²) < 4.78 is 5.08. The van der Waals surface area contributed by atoms with Crippen molar-refractivity contribution >= 4 is 23.8 Å². The summed E-state index contributed by atoms with van der Waals surface area (Å²) in [5.41, 5.74) is 3.02. The average Bonchev–Trinajstić information content (AvgIpc) is 2.46. The quantitative estimate of drug-likeness (QED) is 0.754. The minimum atomic E-state index is 0.826. The van der Waals surface area contributed by atoms with E-state index in [1.807, 2.05) is 48.5 Å². The van der Waals surface area contributed by atoms with Crippen LogP contribution in [0.15, 0.2) is 58.5 Å². The molecule has 2 rings (SSSR count). The Labute approximate surface area is 113 Å². The number of rotatable bonds is 4. The fraction of sp³-hybridized carbons (Fsp3) is 0.125. The number of benzene rings is 2. The third kappa shape index (κ3) is 4.07. The number of hydrogen-bond acceptors (Lipinski definition) is 3. The van der Waals surface area contributed by atoms with Crippen molar-refractivity contribution in [1.29, 1.82) is 0 Å². The van der Waals surface area contributed by atoms with E-state index in [0.29, 0.717) is 0 Å². The first-order valence-electron chi connectivity index (χ1n) is 6.05. The first-order chi connectivity index (χ1) is 9.28. The Morgan fingerprint density at radius 1 is 0.789 bits per heavy atom. The van der Waals surface area contributed by atoms with Crippen molar-refractivity contribution in [2.75, 3.05) is 7.11 Å². The van der Waals surface area contributed by atoms with Gasteiger partial charge in [0.25, 0.3) is 0 Å². The van der Waals surface area contributed by atoms with Crippen molar-refractivity contribution in [3.05, 3.63) is 54.1 Å². The van der Waals surface area contributed by atoms with Gasteiger partial charge in [-0.05, 0) is 43.3 Å². The second kappa shape index (κ2) is 6.50. The number of ether oxygens (including phenoxy) is 1. The molecule has 0 spiro atoms. The zero-order valence-corrected chi connectivity index (χ0v) is 11.1. The SMILES string of the molecule is COc1ccc(N=CC=Nc2ccc(C)cc2)cc1. The minimum Gasteiger partial charge on any atom is -0.497 e. The van der Waals surface area contributed by atoms with Gasteiger partial charge in [-0.25, -0.2) is 0 Å². The van der Waals surface area contributed by atoms with Crippen molar-refractivity contribution in [3.8, 4) is 5.75 Å². The maximum Gasteiger partial charge on any atom is 0.119 e. The summed E-state index contributed by atoms with van der Waals surface area (Å²) in [6.45, 7) is 2.05. The second-order valence-corrected chi connectivity index (χ2v) is 4.09. The summed E-state index contributed by atoms with van der Waals surface area (Å²) >= 11 is 0. The van der Waals surface area contributed by atoms with Crippen molar-refractivity contribution in [1.82, 2.24) is 0 Å². The van der Waals surface area contributed by atoms with E-state index in [9.17, 15) is 0 Å². The fourth-order valence-electron chi connectivity index (χ4n) is 1.54. The molecule has 19 heavy (non-hydrogen) atoms. The molecule has 2 aromatic carbocycles. The third-order valence-corrected chi connectivity index (χ3v) is 2.62. The zero-order chi connectivity index (χ0) is 13.5. The summed E-state index contributed by atoms with van der Waals surface area (Å²) in [6, 6.07) is 15.6. The van der Waals surface area contributed by atoms with Crippen LogP contribution in [0.5, 0.6) is 5.75 Å². The molecule has 2 aromatic rings. The molecule has 0 amide bonds. The molecule has 3 heteroatoms. The molecule has 0 fully saturated rings. The Morgan fingerprint density at radius 2 is 1.26 bits per heavy atom. The van der Waals surface area contributed by atoms with E-state index in [1.165, 1.54) is 5.56 Å². The predicted octanol–water partition coefficient (Wildman–Crippen LogP) is 4.11. The topological polar surface area (TPSA) is 34.0 Å². The molecule has 3 nitrogen and oxygen atoms in total. The van der Waals surface area contributed by atoms with Crippen LogP contribution in [0.2, 0.25) is 0 Å². The molecular formula is C16H16N2O. The molecule has 0 bridgehead atoms. The average molecular weight is 252 g/mol. The summed E-state index contributed by atoms with van der Waals surface area (Å²) in [5.74, 6) is 0.826. The summed E-state index contributed by atoms with van der Waals surface area (Å²) in [5, 5.41) is 0. The molecule has 0 radical (unpaired) electrons. The number of nitrogens with zero attached hydrogens (tertiary/aromatic N) is 2. The van der Waals surface area contributed by atoms with E-state index in [-0.39, 0.29) is 0 Å². The minimum absolute atomic E-state index is 0.826. The van der Waals surface area contributed by atoms with Crippen molar-refractivity contribution < 1.29 is 4.74 Å². The van der Waals surface area contributed by atoms with Gasteiger partial charge in [0.15, 0.2) is 0 Å². The Bertz CT molecular complexity index is 569. The highest BCUT2D eigenvalue weighted by Crippen LogP contribution is 2.17. The van der Waals surface area contributed by atoms with Crippen LogP contribution < -0.4 is 4.74 Å². The molecule has 0 saturated heterocycles. The van der Waals surface area contributed by atoms with Crippen LogP contribution in [0, 0.1) is 6.92 Å². The highest BCUT2D eigenvalue weighted by molar-refractivity contribution is 6.17. The van der Waals surface area contributed by atoms with Gasteiger partial charge >= 0.3 is 0 Å². The van der Waals surface area contributed by atoms with E-state index in [0.717, 1.165) is 17.1 Å². The smallest absolute Gasteiger partial charge is 0.119 e. The lowest BCUT2D eigenvalue weighted by molar-refractivity contribution is 0.415. The monoisotopic (exact) mass is 252 g/mol. The van der Waals surface area contributed by atoms with E-state index < -0.39 is 0 Å². The van der Waals surface area contributed by atoms with Crippen LogP contribution in [0.3, 0.4) is 0 Å². The van der Waals surface area contributed by atoms with Crippen molar-refractivity contribution in [3.63, 3.8) is 0 Å². The van der Waals surface area contributed by atoms with Crippen LogP contribution in [0.4, 0.5) is 11.4 Å². The lowest BCUT2D eigenvalue weighted by Gasteiger charge is -1.98. The molecule has 0 aromatic heterocycles. The Balaban J connectivity index is 1.96. The number of hydrogen-bond donors (Lipinski definition) is 0. The van der Waals surface area contributed by atoms with Crippen LogP contribution >= 0.6 is 0 Å². The first kappa shape index (κ1) is 13.0. The Kier molecular flexibility index (Phi) is 4.45. The number of aryl methyl sites for hydroxylation is 1. The van der Waals surface area contributed by atoms with Crippen LogP contribution in [0.1, 0.15) is 5.56 Å². The van der Waals surface area contributed by atoms with E-state index in [2.05, 4.69) is 16.9 Å². The van der Waals surface area contributed by atoms with Crippen molar-refractivity contribution in [2.45, 2.75) is 6.92 Å². The normalized spacial score (nSPS) is 11.3. The lowest BCUT2D eigenvalue weighted by atomic mass is 10.2. The van der Waals surface area contributed by atoms with E-state index in [1.54, 1.807) is 19.5 Å². The maximum absolute atomic E-state index is 5.08. The molecule has 0 saturated carbocycles. The molecule has 0 aliphatic rings. The first-order valence-corrected chi connectivity index (χ1v) is 6.05. The molecule has 0 aliphatic carbocycles. The largest absolute Gasteiger partial charge is 0.497 e. The number of aliphatic imine (C=N–C) groups is 2. The highest BCUT2D eigenvalue weighted by Gasteiger charge is 1.90. The molecule has 0 aliphatic heterocycles. The maximum atomic E-state index is 5.08. The molecular weight excluding hydrogens is 236 g/mol. The molecule has 0 atom stereocenters. The second-order valence-electron chi connectivity index (χ2n) is 4.09. The standard InChI is InChI=1S/C16H16N2O/c1-13-3-5-14(6-4-13)17-11-12-18-15-7-9-16(19-2)10-8-15/h3-12H,1-2H3. The van der Waals surface area contributed by atoms with Gasteiger partial charge in [-0.15, -0.1) is 0 Å². The van der Waals surface area contributed by atoms with Crippen LogP contribution in [-0.2, 0) is 0 Å². The van der Waals surface area contributed by atoms with Gasteiger partial charge < -0.3 is 4.74 Å². The lowest BCUT2D eigenvalue weighted by Crippen LogP contribution is -1.80. The van der Waals surface area contributed by atoms with Gasteiger partial charge in [0.2, 0.25) is 0 Å². The van der Waals surface area contributed by atoms with Gasteiger partial charge in [0.05, 0.1) is 18.5 Å². The molecule has 0 unspecified atom stereocenters. The Morgan fingerprint density at radius 3 is 1.74 bits per heavy atom. The zero-order valence-electron chi connectivity index (χ0n) is 11.1. The van der Waals surface area contributed by atoms with E-state index in [4.69, 9.17) is 4.74 Å². The molecule has 0 N–H and O–H groups in total. The van der Waals surface area contributed by atoms with Gasteiger partial charge in [-0.3, -0.25) is 9.98 Å². The number of methoxy groups -OCH3 is 1. The third-order valence-electron chi connectivity index (χ3n) is 2.62. The van der Waals surface area contributed by atoms with Gasteiger partial charge in [-0.1, -0.05) is 17.7 Å². The van der Waals surface area contributed by atoms with E-state index >= 15 is 0 Å². The van der Waals surface area contributed by atoms with Gasteiger partial charge in [0, 0.05) is 12.4 Å². The molecule has 0 heterocycles. The van der Waals surface area contributed by atoms with Crippen molar-refractivity contribution in [2.24, 2.45) is 9.98 Å². The molecule has 96 valence electrons.